The predicted molar refractivity (Wildman–Crippen MR) is 92.5 cm³/mol. The van der Waals surface area contributed by atoms with E-state index in [2.05, 4.69) is 27.3 Å². The van der Waals surface area contributed by atoms with Gasteiger partial charge in [-0.2, -0.15) is 0 Å². The van der Waals surface area contributed by atoms with Gasteiger partial charge >= 0.3 is 0 Å². The molecule has 1 N–H and O–H groups in total. The van der Waals surface area contributed by atoms with Crippen LogP contribution in [0.3, 0.4) is 0 Å². The first kappa shape index (κ1) is 16.4. The second kappa shape index (κ2) is 8.46. The summed E-state index contributed by atoms with van der Waals surface area (Å²) in [5.74, 6) is 1.32. The highest BCUT2D eigenvalue weighted by Gasteiger charge is 2.04. The number of methoxy groups -OCH3 is 1. The van der Waals surface area contributed by atoms with Crippen molar-refractivity contribution in [1.29, 1.82) is 0 Å². The van der Waals surface area contributed by atoms with Gasteiger partial charge < -0.3 is 10.1 Å². The molecule has 1 aromatic carbocycles. The predicted octanol–water partition coefficient (Wildman–Crippen LogP) is 3.97. The van der Waals surface area contributed by atoms with E-state index >= 15 is 0 Å². The number of amides is 1. The molecule has 1 aromatic heterocycles. The first-order valence-corrected chi connectivity index (χ1v) is 9.04. The summed E-state index contributed by atoms with van der Waals surface area (Å²) < 4.78 is 6.22. The van der Waals surface area contributed by atoms with Crippen LogP contribution in [0.5, 0.6) is 5.75 Å². The Bertz CT molecular complexity index is 584. The molecule has 0 saturated carbocycles. The summed E-state index contributed by atoms with van der Waals surface area (Å²) in [6.07, 6.45) is 0.870. The number of carbonyl (C=O) groups is 1. The standard InChI is InChI=1S/C15H16BrNO2S2/c1-19-11-2-4-12(5-3-11)20-10-15(18)17-9-8-13-6-7-14(16)21-13/h2-7H,8-10H2,1H3,(H,17,18). The third-order valence-electron chi connectivity index (χ3n) is 2.75. The zero-order valence-corrected chi connectivity index (χ0v) is 14.8. The monoisotopic (exact) mass is 385 g/mol. The lowest BCUT2D eigenvalue weighted by Crippen LogP contribution is -2.27. The van der Waals surface area contributed by atoms with Gasteiger partial charge in [-0.25, -0.2) is 0 Å². The third-order valence-corrected chi connectivity index (χ3v) is 5.45. The van der Waals surface area contributed by atoms with Crippen molar-refractivity contribution in [1.82, 2.24) is 5.32 Å². The molecule has 3 nitrogen and oxygen atoms in total. The second-order valence-electron chi connectivity index (χ2n) is 4.27. The summed E-state index contributed by atoms with van der Waals surface area (Å²) in [5, 5.41) is 2.94. The quantitative estimate of drug-likeness (QED) is 0.732. The van der Waals surface area contributed by atoms with Gasteiger partial charge in [0.2, 0.25) is 5.91 Å². The van der Waals surface area contributed by atoms with Gasteiger partial charge in [-0.15, -0.1) is 23.1 Å². The van der Waals surface area contributed by atoms with Gasteiger partial charge in [-0.1, -0.05) is 0 Å². The van der Waals surface area contributed by atoms with Crippen LogP contribution in [0.4, 0.5) is 0 Å². The number of benzene rings is 1. The molecule has 21 heavy (non-hydrogen) atoms. The number of thiophene rings is 1. The van der Waals surface area contributed by atoms with Gasteiger partial charge in [0.1, 0.15) is 5.75 Å². The Labute approximate surface area is 141 Å². The van der Waals surface area contributed by atoms with E-state index in [1.165, 1.54) is 16.6 Å². The van der Waals surface area contributed by atoms with E-state index in [1.54, 1.807) is 18.4 Å². The van der Waals surface area contributed by atoms with Crippen LogP contribution in [0.15, 0.2) is 45.1 Å². The van der Waals surface area contributed by atoms with Crippen LogP contribution in [-0.4, -0.2) is 25.3 Å². The van der Waals surface area contributed by atoms with Crippen LogP contribution >= 0.6 is 39.0 Å². The molecule has 112 valence electrons. The largest absolute Gasteiger partial charge is 0.497 e. The fourth-order valence-corrected chi connectivity index (χ4v) is 3.89. The molecule has 0 aliphatic heterocycles. The van der Waals surface area contributed by atoms with Crippen molar-refractivity contribution in [3.05, 3.63) is 45.1 Å². The highest BCUT2D eigenvalue weighted by molar-refractivity contribution is 9.11. The van der Waals surface area contributed by atoms with Crippen molar-refractivity contribution in [3.63, 3.8) is 0 Å². The average Bonchev–Trinajstić information content (AvgIpc) is 2.91. The lowest BCUT2D eigenvalue weighted by atomic mass is 10.3. The number of hydrogen-bond donors (Lipinski definition) is 1. The number of nitrogens with one attached hydrogen (secondary N) is 1. The Morgan fingerprint density at radius 1 is 1.29 bits per heavy atom. The van der Waals surface area contributed by atoms with Gasteiger partial charge in [0.05, 0.1) is 16.6 Å². The average molecular weight is 386 g/mol. The van der Waals surface area contributed by atoms with Crippen LogP contribution in [0.25, 0.3) is 0 Å². The van der Waals surface area contributed by atoms with E-state index in [9.17, 15) is 4.79 Å². The van der Waals surface area contributed by atoms with Crippen molar-refractivity contribution >= 4 is 44.9 Å². The molecule has 0 saturated heterocycles. The number of thioether (sulfide) groups is 1. The maximum absolute atomic E-state index is 11.8. The summed E-state index contributed by atoms with van der Waals surface area (Å²) >= 11 is 6.66. The minimum absolute atomic E-state index is 0.0615. The zero-order chi connectivity index (χ0) is 15.1. The fourth-order valence-electron chi connectivity index (χ4n) is 1.68. The summed E-state index contributed by atoms with van der Waals surface area (Å²) in [5.41, 5.74) is 0. The fraction of sp³-hybridized carbons (Fsp3) is 0.267. The van der Waals surface area contributed by atoms with Crippen molar-refractivity contribution in [2.45, 2.75) is 11.3 Å². The third kappa shape index (κ3) is 5.73. The number of carbonyl (C=O) groups excluding carboxylic acids is 1. The molecule has 0 spiro atoms. The molecule has 0 fully saturated rings. The molecular formula is C15H16BrNO2S2. The molecule has 6 heteroatoms. The highest BCUT2D eigenvalue weighted by atomic mass is 79.9. The number of hydrogen-bond acceptors (Lipinski definition) is 4. The van der Waals surface area contributed by atoms with Gasteiger partial charge in [0.15, 0.2) is 0 Å². The summed E-state index contributed by atoms with van der Waals surface area (Å²) in [7, 11) is 1.64. The van der Waals surface area contributed by atoms with Crippen molar-refractivity contribution in [3.8, 4) is 5.75 Å². The van der Waals surface area contributed by atoms with E-state index in [0.29, 0.717) is 12.3 Å². The number of rotatable bonds is 7. The smallest absolute Gasteiger partial charge is 0.230 e. The molecule has 0 unspecified atom stereocenters. The molecule has 1 heterocycles. The Kier molecular flexibility index (Phi) is 6.60. The highest BCUT2D eigenvalue weighted by Crippen LogP contribution is 2.22. The molecule has 0 aliphatic carbocycles. The zero-order valence-electron chi connectivity index (χ0n) is 11.6. The topological polar surface area (TPSA) is 38.3 Å². The van der Waals surface area contributed by atoms with E-state index in [1.807, 2.05) is 30.3 Å². The molecule has 1 amide bonds. The molecule has 2 aromatic rings. The first-order valence-electron chi connectivity index (χ1n) is 6.45. The van der Waals surface area contributed by atoms with Crippen LogP contribution in [0, 0.1) is 0 Å². The normalized spacial score (nSPS) is 10.4. The first-order chi connectivity index (χ1) is 10.2. The van der Waals surface area contributed by atoms with E-state index < -0.39 is 0 Å². The van der Waals surface area contributed by atoms with E-state index in [4.69, 9.17) is 4.74 Å². The molecular weight excluding hydrogens is 370 g/mol. The number of halogens is 1. The summed E-state index contributed by atoms with van der Waals surface area (Å²) in [6, 6.07) is 11.8. The maximum Gasteiger partial charge on any atom is 0.230 e. The van der Waals surface area contributed by atoms with Gasteiger partial charge in [-0.3, -0.25) is 4.79 Å². The van der Waals surface area contributed by atoms with E-state index in [-0.39, 0.29) is 5.91 Å². The Morgan fingerprint density at radius 2 is 2.05 bits per heavy atom. The SMILES string of the molecule is COc1ccc(SCC(=O)NCCc2ccc(Br)s2)cc1. The van der Waals surface area contributed by atoms with Crippen LogP contribution in [0.2, 0.25) is 0 Å². The van der Waals surface area contributed by atoms with Crippen LogP contribution in [-0.2, 0) is 11.2 Å². The van der Waals surface area contributed by atoms with Gasteiger partial charge in [-0.05, 0) is 58.7 Å². The van der Waals surface area contributed by atoms with Gasteiger partial charge in [0.25, 0.3) is 0 Å². The molecule has 0 aliphatic rings. The molecule has 0 radical (unpaired) electrons. The lowest BCUT2D eigenvalue weighted by molar-refractivity contribution is -0.118. The Balaban J connectivity index is 1.67. The van der Waals surface area contributed by atoms with Crippen LogP contribution < -0.4 is 10.1 Å². The van der Waals surface area contributed by atoms with E-state index in [0.717, 1.165) is 20.9 Å². The maximum atomic E-state index is 11.8. The lowest BCUT2D eigenvalue weighted by Gasteiger charge is -2.05. The van der Waals surface area contributed by atoms with Crippen molar-refractivity contribution in [2.75, 3.05) is 19.4 Å². The molecule has 0 atom stereocenters. The van der Waals surface area contributed by atoms with Crippen molar-refractivity contribution < 1.29 is 9.53 Å². The van der Waals surface area contributed by atoms with Crippen molar-refractivity contribution in [2.24, 2.45) is 0 Å². The summed E-state index contributed by atoms with van der Waals surface area (Å²) in [6.45, 7) is 0.676. The molecule has 0 bridgehead atoms. The van der Waals surface area contributed by atoms with Crippen LogP contribution in [0.1, 0.15) is 4.88 Å². The second-order valence-corrected chi connectivity index (χ2v) is 7.87. The minimum Gasteiger partial charge on any atom is -0.497 e. The summed E-state index contributed by atoms with van der Waals surface area (Å²) in [4.78, 5) is 14.1. The number of ether oxygens (including phenoxy) is 1. The Hall–Kier alpha value is -0.980. The Morgan fingerprint density at radius 3 is 2.67 bits per heavy atom. The molecule has 2 rings (SSSR count). The van der Waals surface area contributed by atoms with Gasteiger partial charge in [0, 0.05) is 16.3 Å². The minimum atomic E-state index is 0.0615.